The number of primary amides is 1. The van der Waals surface area contributed by atoms with E-state index in [1.165, 1.54) is 0 Å². The molecule has 27 heavy (non-hydrogen) atoms. The first-order valence-corrected chi connectivity index (χ1v) is 7.22. The number of nitrogens with two attached hydrogens (primary N) is 1. The maximum atomic E-state index is 12.8. The fourth-order valence-electron chi connectivity index (χ4n) is 1.98. The Hall–Kier alpha value is -2.79. The number of halogens is 6. The molecular weight excluding hydrogens is 386 g/mol. The van der Waals surface area contributed by atoms with Crippen LogP contribution in [0.1, 0.15) is 34.3 Å². The lowest BCUT2D eigenvalue weighted by Gasteiger charge is -2.17. The Morgan fingerprint density at radius 3 is 1.89 bits per heavy atom. The van der Waals surface area contributed by atoms with Crippen molar-refractivity contribution in [3.8, 4) is 0 Å². The molecule has 0 aromatic heterocycles. The molecule has 0 saturated carbocycles. The lowest BCUT2D eigenvalue weighted by Crippen LogP contribution is -2.44. The number of ether oxygens (including phenoxy) is 1. The zero-order valence-electron chi connectivity index (χ0n) is 13.7. The average Bonchev–Trinajstić information content (AvgIpc) is 2.55. The van der Waals surface area contributed by atoms with Gasteiger partial charge in [0.25, 0.3) is 5.91 Å². The first-order valence-electron chi connectivity index (χ1n) is 7.22. The molecule has 1 aromatic rings. The monoisotopic (exact) mass is 400 g/mol. The van der Waals surface area contributed by atoms with Crippen LogP contribution in [0, 0.1) is 0 Å². The van der Waals surface area contributed by atoms with Crippen molar-refractivity contribution in [3.05, 3.63) is 34.9 Å². The molecule has 0 aliphatic rings. The van der Waals surface area contributed by atoms with Crippen LogP contribution in [0.3, 0.4) is 0 Å². The van der Waals surface area contributed by atoms with Gasteiger partial charge in [-0.1, -0.05) is 0 Å². The van der Waals surface area contributed by atoms with Crippen molar-refractivity contribution in [1.29, 1.82) is 0 Å². The number of methoxy groups -OCH3 is 1. The second-order valence-corrected chi connectivity index (χ2v) is 5.34. The Balaban J connectivity index is 3.17. The van der Waals surface area contributed by atoms with Crippen molar-refractivity contribution < 1.29 is 45.5 Å². The topological polar surface area (TPSA) is 98.5 Å². The summed E-state index contributed by atoms with van der Waals surface area (Å²) in [5.41, 5.74) is 0.678. The molecule has 150 valence electrons. The molecule has 0 saturated heterocycles. The number of hydrogen-bond acceptors (Lipinski definition) is 4. The van der Waals surface area contributed by atoms with Crippen LogP contribution in [0.2, 0.25) is 0 Å². The predicted molar refractivity (Wildman–Crippen MR) is 78.1 cm³/mol. The van der Waals surface area contributed by atoms with Crippen molar-refractivity contribution in [3.63, 3.8) is 0 Å². The SMILES string of the molecule is COC(=O)CC[C@@H](NC(=O)c1cc(C(F)(F)F)cc(C(F)(F)F)c1)C(N)=O. The van der Waals surface area contributed by atoms with Gasteiger partial charge in [0.2, 0.25) is 5.91 Å². The predicted octanol–water partition coefficient (Wildman–Crippen LogP) is 2.26. The molecule has 0 spiro atoms. The summed E-state index contributed by atoms with van der Waals surface area (Å²) in [7, 11) is 1.06. The number of benzene rings is 1. The fourth-order valence-corrected chi connectivity index (χ4v) is 1.98. The van der Waals surface area contributed by atoms with Gasteiger partial charge >= 0.3 is 18.3 Å². The van der Waals surface area contributed by atoms with E-state index in [1.54, 1.807) is 0 Å². The molecular formula is C15H14F6N2O4. The highest BCUT2D eigenvalue weighted by molar-refractivity contribution is 5.97. The Labute approximate surface area is 148 Å². The smallest absolute Gasteiger partial charge is 0.416 e. The third kappa shape index (κ3) is 6.46. The minimum Gasteiger partial charge on any atom is -0.469 e. The van der Waals surface area contributed by atoms with E-state index in [0.29, 0.717) is 0 Å². The standard InChI is InChI=1S/C15H14F6N2O4/c1-27-11(24)3-2-10(12(22)25)23-13(26)7-4-8(14(16,17)18)6-9(5-7)15(19,20)21/h4-6,10H,2-3H2,1H3,(H2,22,25)(H,23,26)/t10-/m1/s1. The molecule has 0 unspecified atom stereocenters. The van der Waals surface area contributed by atoms with Crippen LogP contribution in [0.4, 0.5) is 26.3 Å². The van der Waals surface area contributed by atoms with Crippen molar-refractivity contribution in [1.82, 2.24) is 5.32 Å². The number of hydrogen-bond donors (Lipinski definition) is 2. The molecule has 1 atom stereocenters. The molecule has 2 amide bonds. The number of esters is 1. The van der Waals surface area contributed by atoms with Crippen LogP contribution in [-0.2, 0) is 26.7 Å². The molecule has 6 nitrogen and oxygen atoms in total. The van der Waals surface area contributed by atoms with Crippen molar-refractivity contribution in [2.75, 3.05) is 7.11 Å². The average molecular weight is 400 g/mol. The molecule has 0 radical (unpaired) electrons. The van der Waals surface area contributed by atoms with Gasteiger partial charge < -0.3 is 15.8 Å². The van der Waals surface area contributed by atoms with Crippen LogP contribution < -0.4 is 11.1 Å². The van der Waals surface area contributed by atoms with Crippen LogP contribution >= 0.6 is 0 Å². The summed E-state index contributed by atoms with van der Waals surface area (Å²) in [4.78, 5) is 34.4. The van der Waals surface area contributed by atoms with Crippen LogP contribution in [0.5, 0.6) is 0 Å². The minimum atomic E-state index is -5.13. The van der Waals surface area contributed by atoms with Crippen LogP contribution in [-0.4, -0.2) is 30.9 Å². The van der Waals surface area contributed by atoms with Gasteiger partial charge in [0.15, 0.2) is 0 Å². The van der Waals surface area contributed by atoms with Crippen molar-refractivity contribution in [2.24, 2.45) is 5.73 Å². The summed E-state index contributed by atoms with van der Waals surface area (Å²) < 4.78 is 81.2. The number of alkyl halides is 6. The van der Waals surface area contributed by atoms with Gasteiger partial charge in [-0.3, -0.25) is 14.4 Å². The van der Waals surface area contributed by atoms with E-state index in [0.717, 1.165) is 7.11 Å². The number of nitrogens with one attached hydrogen (secondary N) is 1. The maximum absolute atomic E-state index is 12.8. The summed E-state index contributed by atoms with van der Waals surface area (Å²) in [6.45, 7) is 0. The maximum Gasteiger partial charge on any atom is 0.416 e. The van der Waals surface area contributed by atoms with Crippen molar-refractivity contribution in [2.45, 2.75) is 31.2 Å². The van der Waals surface area contributed by atoms with Gasteiger partial charge in [0.05, 0.1) is 18.2 Å². The van der Waals surface area contributed by atoms with Gasteiger partial charge in [-0.25, -0.2) is 0 Å². The lowest BCUT2D eigenvalue weighted by molar-refractivity contribution is -0.143. The van der Waals surface area contributed by atoms with Gasteiger partial charge in [0.1, 0.15) is 6.04 Å². The largest absolute Gasteiger partial charge is 0.469 e. The summed E-state index contributed by atoms with van der Waals surface area (Å²) in [6.07, 6.45) is -11.0. The van der Waals surface area contributed by atoms with Crippen LogP contribution in [0.15, 0.2) is 18.2 Å². The Bertz CT molecular complexity index is 698. The highest BCUT2D eigenvalue weighted by atomic mass is 19.4. The zero-order valence-corrected chi connectivity index (χ0v) is 13.7. The van der Waals surface area contributed by atoms with Gasteiger partial charge in [-0.15, -0.1) is 0 Å². The lowest BCUT2D eigenvalue weighted by atomic mass is 10.0. The van der Waals surface area contributed by atoms with Crippen molar-refractivity contribution >= 4 is 17.8 Å². The number of amides is 2. The fraction of sp³-hybridized carbons (Fsp3) is 0.400. The molecule has 12 heteroatoms. The summed E-state index contributed by atoms with van der Waals surface area (Å²) in [6, 6.07) is -1.22. The Morgan fingerprint density at radius 1 is 1.04 bits per heavy atom. The molecule has 1 rings (SSSR count). The van der Waals surface area contributed by atoms with E-state index in [2.05, 4.69) is 4.74 Å². The highest BCUT2D eigenvalue weighted by Crippen LogP contribution is 2.36. The molecule has 3 N–H and O–H groups in total. The van der Waals surface area contributed by atoms with Crippen LogP contribution in [0.25, 0.3) is 0 Å². The zero-order chi connectivity index (χ0) is 21.0. The molecule has 0 heterocycles. The number of carbonyl (C=O) groups is 3. The normalized spacial score (nSPS) is 13.0. The van der Waals surface area contributed by atoms with E-state index in [1.807, 2.05) is 5.32 Å². The summed E-state index contributed by atoms with van der Waals surface area (Å²) in [5.74, 6) is -3.27. The minimum absolute atomic E-state index is 0.139. The molecule has 0 fully saturated rings. The Morgan fingerprint density at radius 2 is 1.52 bits per heavy atom. The molecule has 0 bridgehead atoms. The second kappa shape index (κ2) is 8.27. The summed E-state index contributed by atoms with van der Waals surface area (Å²) >= 11 is 0. The van der Waals surface area contributed by atoms with E-state index >= 15 is 0 Å². The van der Waals surface area contributed by atoms with Gasteiger partial charge in [0, 0.05) is 12.0 Å². The molecule has 0 aliphatic heterocycles. The molecule has 0 aliphatic carbocycles. The highest BCUT2D eigenvalue weighted by Gasteiger charge is 2.37. The van der Waals surface area contributed by atoms with E-state index in [4.69, 9.17) is 5.73 Å². The van der Waals surface area contributed by atoms with E-state index in [9.17, 15) is 40.7 Å². The third-order valence-corrected chi connectivity index (χ3v) is 3.36. The first-order chi connectivity index (χ1) is 12.3. The Kier molecular flexibility index (Phi) is 6.81. The first kappa shape index (κ1) is 22.3. The second-order valence-electron chi connectivity index (χ2n) is 5.34. The summed E-state index contributed by atoms with van der Waals surface area (Å²) in [5, 5.41) is 1.91. The third-order valence-electron chi connectivity index (χ3n) is 3.36. The quantitative estimate of drug-likeness (QED) is 0.565. The van der Waals surface area contributed by atoms with Gasteiger partial charge in [-0.05, 0) is 24.6 Å². The van der Waals surface area contributed by atoms with E-state index in [-0.39, 0.29) is 31.0 Å². The number of carbonyl (C=O) groups excluding carboxylic acids is 3. The van der Waals surface area contributed by atoms with E-state index < -0.39 is 52.9 Å². The number of rotatable bonds is 6. The van der Waals surface area contributed by atoms with Gasteiger partial charge in [-0.2, -0.15) is 26.3 Å². The molecule has 1 aromatic carbocycles.